The van der Waals surface area contributed by atoms with Crippen LogP contribution in [0.25, 0.3) is 0 Å². The summed E-state index contributed by atoms with van der Waals surface area (Å²) in [6, 6.07) is 19.4. The number of para-hydroxylation sites is 1. The molecule has 3 aromatic rings. The minimum absolute atomic E-state index is 0.0636. The maximum atomic E-state index is 13.1. The molecule has 1 amide bonds. The number of nitrogens with zero attached hydrogens (tertiary/aromatic N) is 1. The number of sulfonamides is 1. The van der Waals surface area contributed by atoms with Crippen LogP contribution in [0.3, 0.4) is 0 Å². The van der Waals surface area contributed by atoms with E-state index in [4.69, 9.17) is 4.74 Å². The number of carbonyl (C=O) groups excluding carboxylic acids is 1. The number of rotatable bonds is 9. The lowest BCUT2D eigenvalue weighted by atomic mass is 10.1. The summed E-state index contributed by atoms with van der Waals surface area (Å²) in [7, 11) is -2.18. The molecule has 33 heavy (non-hydrogen) atoms. The van der Waals surface area contributed by atoms with Gasteiger partial charge >= 0.3 is 0 Å². The van der Waals surface area contributed by atoms with Crippen molar-refractivity contribution in [3.63, 3.8) is 0 Å². The van der Waals surface area contributed by atoms with Gasteiger partial charge in [0.15, 0.2) is 0 Å². The lowest BCUT2D eigenvalue weighted by Gasteiger charge is -2.20. The van der Waals surface area contributed by atoms with E-state index in [0.717, 1.165) is 16.1 Å². The molecular weight excluding hydrogens is 456 g/mol. The van der Waals surface area contributed by atoms with E-state index in [9.17, 15) is 13.2 Å². The predicted molar refractivity (Wildman–Crippen MR) is 134 cm³/mol. The fourth-order valence-electron chi connectivity index (χ4n) is 3.30. The van der Waals surface area contributed by atoms with Gasteiger partial charge in [-0.05, 0) is 62.6 Å². The van der Waals surface area contributed by atoms with Gasteiger partial charge in [0.2, 0.25) is 10.0 Å². The summed E-state index contributed by atoms with van der Waals surface area (Å²) in [5, 5.41) is 2.94. The molecule has 0 unspecified atom stereocenters. The molecule has 0 aliphatic carbocycles. The highest BCUT2D eigenvalue weighted by Gasteiger charge is 2.23. The third kappa shape index (κ3) is 5.96. The molecule has 0 heterocycles. The number of thioether (sulfide) groups is 1. The fraction of sp³-hybridized carbons (Fsp3) is 0.240. The molecule has 0 atom stereocenters. The molecule has 0 fully saturated rings. The summed E-state index contributed by atoms with van der Waals surface area (Å²) >= 11 is 1.55. The highest BCUT2D eigenvalue weighted by Crippen LogP contribution is 2.27. The standard InChI is InChI=1S/C25H28N2O4S2/c1-5-31-23-15-12-19(25(28)26-22-8-6-7-9-24(22)32-4)16-20(23)17-27(3)33(29,30)21-13-10-18(2)11-14-21/h6-16H,5,17H2,1-4H3,(H,26,28). The zero-order chi connectivity index (χ0) is 24.0. The number of nitrogens with one attached hydrogen (secondary N) is 1. The first-order chi connectivity index (χ1) is 15.8. The Morgan fingerprint density at radius 3 is 2.42 bits per heavy atom. The van der Waals surface area contributed by atoms with Crippen molar-refractivity contribution in [2.75, 3.05) is 25.2 Å². The molecule has 0 aliphatic rings. The van der Waals surface area contributed by atoms with Crippen molar-refractivity contribution in [1.82, 2.24) is 4.31 Å². The van der Waals surface area contributed by atoms with Crippen molar-refractivity contribution in [1.29, 1.82) is 0 Å². The van der Waals surface area contributed by atoms with E-state index in [1.807, 2.05) is 44.4 Å². The van der Waals surface area contributed by atoms with Crippen LogP contribution in [-0.4, -0.2) is 38.5 Å². The minimum Gasteiger partial charge on any atom is -0.494 e. The van der Waals surface area contributed by atoms with Crippen LogP contribution in [0, 0.1) is 6.92 Å². The van der Waals surface area contributed by atoms with Gasteiger partial charge in [0.1, 0.15) is 5.75 Å². The number of anilines is 1. The second kappa shape index (κ2) is 10.9. The van der Waals surface area contributed by atoms with Crippen LogP contribution in [-0.2, 0) is 16.6 Å². The molecule has 8 heteroatoms. The highest BCUT2D eigenvalue weighted by atomic mass is 32.2. The smallest absolute Gasteiger partial charge is 0.255 e. The average molecular weight is 485 g/mol. The zero-order valence-electron chi connectivity index (χ0n) is 19.2. The Hall–Kier alpha value is -2.81. The van der Waals surface area contributed by atoms with E-state index < -0.39 is 10.0 Å². The van der Waals surface area contributed by atoms with Crippen LogP contribution < -0.4 is 10.1 Å². The van der Waals surface area contributed by atoms with Gasteiger partial charge < -0.3 is 10.1 Å². The van der Waals surface area contributed by atoms with Crippen LogP contribution in [0.4, 0.5) is 5.69 Å². The molecule has 0 bridgehead atoms. The van der Waals surface area contributed by atoms with E-state index in [2.05, 4.69) is 5.32 Å². The highest BCUT2D eigenvalue weighted by molar-refractivity contribution is 7.98. The number of amides is 1. The Morgan fingerprint density at radius 2 is 1.76 bits per heavy atom. The zero-order valence-corrected chi connectivity index (χ0v) is 20.8. The Labute approximate surface area is 200 Å². The average Bonchev–Trinajstić information content (AvgIpc) is 2.80. The van der Waals surface area contributed by atoms with Crippen molar-refractivity contribution in [2.45, 2.75) is 30.2 Å². The maximum absolute atomic E-state index is 13.1. The molecule has 174 valence electrons. The number of aryl methyl sites for hydroxylation is 1. The molecule has 0 radical (unpaired) electrons. The first-order valence-electron chi connectivity index (χ1n) is 10.5. The number of hydrogen-bond acceptors (Lipinski definition) is 5. The molecule has 6 nitrogen and oxygen atoms in total. The molecule has 0 aliphatic heterocycles. The van der Waals surface area contributed by atoms with E-state index in [1.54, 1.807) is 54.2 Å². The van der Waals surface area contributed by atoms with E-state index in [1.165, 1.54) is 11.4 Å². The normalized spacial score (nSPS) is 11.4. The Morgan fingerprint density at radius 1 is 1.06 bits per heavy atom. The third-order valence-corrected chi connectivity index (χ3v) is 7.71. The van der Waals surface area contributed by atoms with Gasteiger partial charge in [-0.25, -0.2) is 8.42 Å². The molecule has 0 aromatic heterocycles. The molecule has 3 rings (SSSR count). The second-order valence-corrected chi connectivity index (χ2v) is 10.4. The fourth-order valence-corrected chi connectivity index (χ4v) is 5.00. The van der Waals surface area contributed by atoms with Crippen molar-refractivity contribution in [2.24, 2.45) is 0 Å². The van der Waals surface area contributed by atoms with Crippen molar-refractivity contribution in [3.8, 4) is 5.75 Å². The monoisotopic (exact) mass is 484 g/mol. The molecule has 1 N–H and O–H groups in total. The molecule has 0 saturated heterocycles. The van der Waals surface area contributed by atoms with Crippen molar-refractivity contribution >= 4 is 33.4 Å². The van der Waals surface area contributed by atoms with Gasteiger partial charge in [-0.1, -0.05) is 29.8 Å². The largest absolute Gasteiger partial charge is 0.494 e. The molecule has 3 aromatic carbocycles. The summed E-state index contributed by atoms with van der Waals surface area (Å²) < 4.78 is 33.1. The Balaban J connectivity index is 1.88. The number of hydrogen-bond donors (Lipinski definition) is 1. The van der Waals surface area contributed by atoms with Crippen molar-refractivity contribution in [3.05, 3.63) is 83.4 Å². The van der Waals surface area contributed by atoms with E-state index in [0.29, 0.717) is 23.5 Å². The van der Waals surface area contributed by atoms with Crippen LogP contribution in [0.5, 0.6) is 5.75 Å². The van der Waals surface area contributed by atoms with Crippen LogP contribution in [0.2, 0.25) is 0 Å². The Bertz CT molecular complexity index is 1230. The summed E-state index contributed by atoms with van der Waals surface area (Å²) in [4.78, 5) is 14.1. The molecule has 0 saturated carbocycles. The SMILES string of the molecule is CCOc1ccc(C(=O)Nc2ccccc2SC)cc1CN(C)S(=O)(=O)c1ccc(C)cc1. The van der Waals surface area contributed by atoms with Crippen LogP contribution >= 0.6 is 11.8 Å². The van der Waals surface area contributed by atoms with E-state index >= 15 is 0 Å². The number of benzene rings is 3. The molecular formula is C25H28N2O4S2. The first-order valence-corrected chi connectivity index (χ1v) is 13.2. The third-order valence-electron chi connectivity index (χ3n) is 5.10. The maximum Gasteiger partial charge on any atom is 0.255 e. The van der Waals surface area contributed by atoms with Crippen molar-refractivity contribution < 1.29 is 17.9 Å². The first kappa shape index (κ1) is 24.8. The second-order valence-electron chi connectivity index (χ2n) is 7.48. The lowest BCUT2D eigenvalue weighted by Crippen LogP contribution is -2.27. The van der Waals surface area contributed by atoms with Gasteiger partial charge in [-0.3, -0.25) is 4.79 Å². The van der Waals surface area contributed by atoms with Gasteiger partial charge in [0, 0.05) is 29.6 Å². The van der Waals surface area contributed by atoms with E-state index in [-0.39, 0.29) is 17.3 Å². The summed E-state index contributed by atoms with van der Waals surface area (Å²) in [5.41, 5.74) is 2.74. The predicted octanol–water partition coefficient (Wildman–Crippen LogP) is 5.19. The summed E-state index contributed by atoms with van der Waals surface area (Å²) in [6.45, 7) is 4.25. The van der Waals surface area contributed by atoms with Gasteiger partial charge in [-0.2, -0.15) is 4.31 Å². The number of carbonyl (C=O) groups is 1. The topological polar surface area (TPSA) is 75.7 Å². The quantitative estimate of drug-likeness (QED) is 0.423. The van der Waals surface area contributed by atoms with Crippen LogP contribution in [0.1, 0.15) is 28.4 Å². The molecule has 0 spiro atoms. The minimum atomic E-state index is -3.70. The van der Waals surface area contributed by atoms with Crippen LogP contribution in [0.15, 0.2) is 76.5 Å². The Kier molecular flexibility index (Phi) is 8.18. The summed E-state index contributed by atoms with van der Waals surface area (Å²) in [6.07, 6.45) is 1.95. The number of ether oxygens (including phenoxy) is 1. The van der Waals surface area contributed by atoms with Gasteiger partial charge in [0.05, 0.1) is 17.2 Å². The van der Waals surface area contributed by atoms with Gasteiger partial charge in [0.25, 0.3) is 5.91 Å². The summed E-state index contributed by atoms with van der Waals surface area (Å²) in [5.74, 6) is 0.273. The van der Waals surface area contributed by atoms with Gasteiger partial charge in [-0.15, -0.1) is 11.8 Å². The lowest BCUT2D eigenvalue weighted by molar-refractivity contribution is 0.102.